The Labute approximate surface area is 186 Å². The highest BCUT2D eigenvalue weighted by Gasteiger charge is 2.41. The summed E-state index contributed by atoms with van der Waals surface area (Å²) in [6.45, 7) is 6.60. The maximum atomic E-state index is 15.9. The number of hydrogen-bond donors (Lipinski definition) is 4. The van der Waals surface area contributed by atoms with Crippen LogP contribution in [0.2, 0.25) is 0 Å². The van der Waals surface area contributed by atoms with Crippen molar-refractivity contribution in [3.8, 4) is 11.1 Å². The lowest BCUT2D eigenvalue weighted by Crippen LogP contribution is -2.38. The van der Waals surface area contributed by atoms with Crippen LogP contribution in [0.4, 0.5) is 20.6 Å². The molecular formula is C22H29FN6O3. The van der Waals surface area contributed by atoms with Crippen molar-refractivity contribution < 1.29 is 19.0 Å². The number of nitrogens with two attached hydrogens (primary N) is 1. The molecule has 0 bridgehead atoms. The smallest absolute Gasteiger partial charge is 0.316 e. The topological polar surface area (TPSA) is 125 Å². The zero-order valence-corrected chi connectivity index (χ0v) is 18.5. The molecule has 4 rings (SSSR count). The van der Waals surface area contributed by atoms with E-state index in [2.05, 4.69) is 20.6 Å². The summed E-state index contributed by atoms with van der Waals surface area (Å²) >= 11 is 0. The molecule has 0 aliphatic carbocycles. The van der Waals surface area contributed by atoms with Crippen molar-refractivity contribution in [2.24, 2.45) is 0 Å². The molecule has 1 aromatic heterocycles. The van der Waals surface area contributed by atoms with Gasteiger partial charge in [0.15, 0.2) is 5.82 Å². The quantitative estimate of drug-likeness (QED) is 0.398. The Kier molecular flexibility index (Phi) is 5.91. The van der Waals surface area contributed by atoms with Gasteiger partial charge in [0.05, 0.1) is 24.0 Å². The van der Waals surface area contributed by atoms with Crippen molar-refractivity contribution in [3.63, 3.8) is 0 Å². The number of carbonyl (C=O) groups is 1. The summed E-state index contributed by atoms with van der Waals surface area (Å²) in [7, 11) is 0. The highest BCUT2D eigenvalue weighted by Crippen LogP contribution is 2.46. The Bertz CT molecular complexity index is 1000. The number of halogens is 1. The highest BCUT2D eigenvalue weighted by molar-refractivity contribution is 5.84. The van der Waals surface area contributed by atoms with Gasteiger partial charge >= 0.3 is 6.03 Å². The Morgan fingerprint density at radius 2 is 2.12 bits per heavy atom. The van der Waals surface area contributed by atoms with E-state index in [4.69, 9.17) is 10.5 Å². The van der Waals surface area contributed by atoms with Crippen LogP contribution in [0.3, 0.4) is 0 Å². The molecule has 1 aromatic carbocycles. The molecule has 10 heteroatoms. The number of nitrogens with zero attached hydrogens (tertiary/aromatic N) is 3. The molecule has 2 atom stereocenters. The molecule has 172 valence electrons. The molecule has 0 radical (unpaired) electrons. The van der Waals surface area contributed by atoms with Crippen LogP contribution in [0.15, 0.2) is 18.5 Å². The van der Waals surface area contributed by atoms with E-state index in [1.54, 1.807) is 19.9 Å². The molecule has 0 saturated carbocycles. The number of rotatable bonds is 6. The molecule has 9 nitrogen and oxygen atoms in total. The molecule has 0 spiro atoms. The summed E-state index contributed by atoms with van der Waals surface area (Å²) in [6.07, 6.45) is 3.79. The predicted molar refractivity (Wildman–Crippen MR) is 118 cm³/mol. The number of carbonyl (C=O) groups excluding carboxylic acids is 1. The van der Waals surface area contributed by atoms with Crippen LogP contribution < -0.4 is 21.3 Å². The minimum atomic E-state index is -1.20. The van der Waals surface area contributed by atoms with Gasteiger partial charge < -0.3 is 31.1 Å². The summed E-state index contributed by atoms with van der Waals surface area (Å²) < 4.78 is 21.7. The number of hydrogen-bond acceptors (Lipinski definition) is 7. The van der Waals surface area contributed by atoms with Crippen molar-refractivity contribution in [1.29, 1.82) is 0 Å². The monoisotopic (exact) mass is 444 g/mol. The van der Waals surface area contributed by atoms with Gasteiger partial charge in [0.2, 0.25) is 0 Å². The third-order valence-corrected chi connectivity index (χ3v) is 5.60. The third-order valence-electron chi connectivity index (χ3n) is 5.60. The zero-order valence-electron chi connectivity index (χ0n) is 18.5. The average Bonchev–Trinajstić information content (AvgIpc) is 3.26. The minimum absolute atomic E-state index is 0.244. The molecule has 5 N–H and O–H groups in total. The lowest BCUT2D eigenvalue weighted by Gasteiger charge is -2.22. The fraction of sp³-hybridized carbons (Fsp3) is 0.500. The first-order valence-corrected chi connectivity index (χ1v) is 10.8. The van der Waals surface area contributed by atoms with E-state index in [0.717, 1.165) is 6.42 Å². The van der Waals surface area contributed by atoms with E-state index in [0.29, 0.717) is 48.6 Å². The second-order valence-electron chi connectivity index (χ2n) is 8.62. The number of nitrogens with one attached hydrogen (secondary N) is 2. The van der Waals surface area contributed by atoms with Crippen molar-refractivity contribution in [2.75, 3.05) is 30.3 Å². The summed E-state index contributed by atoms with van der Waals surface area (Å²) in [5.41, 5.74) is 7.27. The molecule has 2 aliphatic heterocycles. The van der Waals surface area contributed by atoms with E-state index in [9.17, 15) is 9.90 Å². The summed E-state index contributed by atoms with van der Waals surface area (Å²) in [6, 6.07) is 1.28. The number of benzene rings is 1. The van der Waals surface area contributed by atoms with Crippen LogP contribution in [0.25, 0.3) is 11.1 Å². The molecule has 2 aromatic rings. The minimum Gasteiger partial charge on any atom is -0.397 e. The van der Waals surface area contributed by atoms with Gasteiger partial charge in [-0.05, 0) is 39.7 Å². The average molecular weight is 445 g/mol. The molecule has 3 heterocycles. The number of aliphatic hydroxyl groups is 1. The molecule has 2 aliphatic rings. The second kappa shape index (κ2) is 8.51. The molecule has 1 unspecified atom stereocenters. The Balaban J connectivity index is 1.71. The number of nitrogen functional groups attached to an aromatic ring is 1. The van der Waals surface area contributed by atoms with Crippen molar-refractivity contribution >= 4 is 17.4 Å². The normalized spacial score (nSPS) is 20.3. The molecule has 2 amide bonds. The van der Waals surface area contributed by atoms with Gasteiger partial charge in [0.25, 0.3) is 0 Å². The largest absolute Gasteiger partial charge is 0.397 e. The Morgan fingerprint density at radius 1 is 1.41 bits per heavy atom. The molecule has 2 saturated heterocycles. The van der Waals surface area contributed by atoms with Gasteiger partial charge in [-0.15, -0.1) is 0 Å². The fourth-order valence-corrected chi connectivity index (χ4v) is 3.98. The first-order chi connectivity index (χ1) is 15.2. The predicted octanol–water partition coefficient (Wildman–Crippen LogP) is 2.41. The fourth-order valence-electron chi connectivity index (χ4n) is 3.98. The van der Waals surface area contributed by atoms with E-state index >= 15 is 4.39 Å². The number of aromatic nitrogens is 2. The van der Waals surface area contributed by atoms with Crippen molar-refractivity contribution in [1.82, 2.24) is 20.6 Å². The van der Waals surface area contributed by atoms with Gasteiger partial charge in [0, 0.05) is 42.2 Å². The van der Waals surface area contributed by atoms with Gasteiger partial charge in [-0.2, -0.15) is 0 Å². The van der Waals surface area contributed by atoms with Crippen LogP contribution in [-0.2, 0) is 10.3 Å². The number of ether oxygens (including phenoxy) is 1. The Morgan fingerprint density at radius 3 is 2.72 bits per heavy atom. The molecule has 32 heavy (non-hydrogen) atoms. The van der Waals surface area contributed by atoms with Crippen LogP contribution in [0, 0.1) is 5.82 Å². The number of amides is 2. The summed E-state index contributed by atoms with van der Waals surface area (Å²) in [5, 5.41) is 15.6. The zero-order chi connectivity index (χ0) is 23.0. The third kappa shape index (κ3) is 4.33. The van der Waals surface area contributed by atoms with E-state index < -0.39 is 17.5 Å². The van der Waals surface area contributed by atoms with Crippen molar-refractivity contribution in [2.45, 2.75) is 51.5 Å². The van der Waals surface area contributed by atoms with Crippen molar-refractivity contribution in [3.05, 3.63) is 35.7 Å². The van der Waals surface area contributed by atoms with Gasteiger partial charge in [-0.25, -0.2) is 19.2 Å². The SMILES string of the molecule is CCNC(=O)NC1CN1c1c(N)cc(-c2cnc(C(C)(C)O)nc2)c(F)c1[C@H]1CCCO1. The first-order valence-electron chi connectivity index (χ1n) is 10.8. The maximum absolute atomic E-state index is 15.9. The van der Waals surface area contributed by atoms with Crippen LogP contribution in [0.5, 0.6) is 0 Å². The Hall–Kier alpha value is -2.98. The van der Waals surface area contributed by atoms with E-state index in [1.165, 1.54) is 12.4 Å². The van der Waals surface area contributed by atoms with Crippen LogP contribution in [0.1, 0.15) is 51.1 Å². The van der Waals surface area contributed by atoms with Crippen LogP contribution in [-0.4, -0.2) is 47.0 Å². The van der Waals surface area contributed by atoms with E-state index in [-0.39, 0.29) is 23.6 Å². The van der Waals surface area contributed by atoms with Gasteiger partial charge in [-0.3, -0.25) is 0 Å². The number of urea groups is 1. The second-order valence-corrected chi connectivity index (χ2v) is 8.62. The number of anilines is 2. The van der Waals surface area contributed by atoms with Gasteiger partial charge in [-0.1, -0.05) is 0 Å². The summed E-state index contributed by atoms with van der Waals surface area (Å²) in [4.78, 5) is 22.1. The molecular weight excluding hydrogens is 415 g/mol. The van der Waals surface area contributed by atoms with E-state index in [1.807, 2.05) is 11.8 Å². The lowest BCUT2D eigenvalue weighted by molar-refractivity contribution is 0.0687. The van der Waals surface area contributed by atoms with Crippen LogP contribution >= 0.6 is 0 Å². The first kappa shape index (κ1) is 22.2. The molecule has 2 fully saturated rings. The highest BCUT2D eigenvalue weighted by atomic mass is 19.1. The summed E-state index contributed by atoms with van der Waals surface area (Å²) in [5.74, 6) is -0.196. The standard InChI is InChI=1S/C22H29FN6O3/c1-4-25-21(30)28-16-11-29(16)19-14(24)8-13(18(23)17(19)15-6-5-7-32-15)12-9-26-20(27-10-12)22(2,3)31/h8-10,15-16,31H,4-7,11,24H2,1-3H3,(H2,25,28,30)/t15-,16?,29?/m1/s1. The lowest BCUT2D eigenvalue weighted by atomic mass is 9.96. The van der Waals surface area contributed by atoms with Gasteiger partial charge in [0.1, 0.15) is 17.6 Å². The maximum Gasteiger partial charge on any atom is 0.316 e.